The van der Waals surface area contributed by atoms with Crippen LogP contribution in [0, 0.1) is 0 Å². The number of methoxy groups -OCH3 is 1. The Balaban J connectivity index is 2.05. The summed E-state index contributed by atoms with van der Waals surface area (Å²) < 4.78 is 53.3. The molecule has 11 heteroatoms. The lowest BCUT2D eigenvalue weighted by atomic mass is 10.3. The van der Waals surface area contributed by atoms with Crippen LogP contribution in [0.3, 0.4) is 0 Å². The molecular formula is C16H19N3O6S2. The Morgan fingerprint density at radius 3 is 2.00 bits per heavy atom. The number of amides is 1. The topological polar surface area (TPSA) is 136 Å². The highest BCUT2D eigenvalue weighted by molar-refractivity contribution is 7.89. The van der Waals surface area contributed by atoms with Crippen LogP contribution >= 0.6 is 0 Å². The van der Waals surface area contributed by atoms with Crippen molar-refractivity contribution in [3.05, 3.63) is 48.5 Å². The van der Waals surface area contributed by atoms with Crippen molar-refractivity contribution in [3.63, 3.8) is 0 Å². The van der Waals surface area contributed by atoms with Crippen molar-refractivity contribution in [1.29, 1.82) is 0 Å². The Kier molecular flexibility index (Phi) is 6.21. The third-order valence-corrected chi connectivity index (χ3v) is 6.35. The number of carbonyl (C=O) groups is 1. The first kappa shape index (κ1) is 20.8. The van der Waals surface area contributed by atoms with Gasteiger partial charge in [0, 0.05) is 12.7 Å². The number of benzene rings is 2. The minimum Gasteiger partial charge on any atom is -0.497 e. The third-order valence-electron chi connectivity index (χ3n) is 3.60. The second kappa shape index (κ2) is 8.05. The van der Waals surface area contributed by atoms with E-state index in [0.29, 0.717) is 11.4 Å². The molecule has 0 aliphatic rings. The lowest BCUT2D eigenvalue weighted by Gasteiger charge is -2.17. The lowest BCUT2D eigenvalue weighted by Crippen LogP contribution is -2.34. The van der Waals surface area contributed by atoms with Gasteiger partial charge in [-0.2, -0.15) is 4.31 Å². The highest BCUT2D eigenvalue weighted by Crippen LogP contribution is 2.19. The predicted octanol–water partition coefficient (Wildman–Crippen LogP) is 0.602. The summed E-state index contributed by atoms with van der Waals surface area (Å²) in [5, 5.41) is 7.49. The molecule has 2 aromatic rings. The minimum atomic E-state index is -3.86. The van der Waals surface area contributed by atoms with E-state index in [1.807, 2.05) is 0 Å². The van der Waals surface area contributed by atoms with Crippen LogP contribution in [0.4, 0.5) is 5.69 Å². The van der Waals surface area contributed by atoms with Crippen molar-refractivity contribution in [1.82, 2.24) is 4.31 Å². The van der Waals surface area contributed by atoms with Crippen molar-refractivity contribution < 1.29 is 26.4 Å². The van der Waals surface area contributed by atoms with Crippen LogP contribution in [0.1, 0.15) is 0 Å². The van der Waals surface area contributed by atoms with E-state index < -0.39 is 32.5 Å². The highest BCUT2D eigenvalue weighted by atomic mass is 32.2. The predicted molar refractivity (Wildman–Crippen MR) is 99.3 cm³/mol. The number of hydrogen-bond acceptors (Lipinski definition) is 6. The molecule has 9 nitrogen and oxygen atoms in total. The Morgan fingerprint density at radius 1 is 1.00 bits per heavy atom. The zero-order chi connectivity index (χ0) is 20.2. The number of nitrogens with two attached hydrogens (primary N) is 1. The van der Waals surface area contributed by atoms with E-state index in [-0.39, 0.29) is 9.79 Å². The van der Waals surface area contributed by atoms with Gasteiger partial charge in [0.05, 0.1) is 23.4 Å². The zero-order valence-corrected chi connectivity index (χ0v) is 16.2. The van der Waals surface area contributed by atoms with E-state index in [4.69, 9.17) is 9.88 Å². The molecule has 0 saturated carbocycles. The summed E-state index contributed by atoms with van der Waals surface area (Å²) >= 11 is 0. The molecule has 0 spiro atoms. The number of anilines is 1. The number of primary sulfonamides is 1. The molecule has 0 saturated heterocycles. The monoisotopic (exact) mass is 413 g/mol. The Labute approximate surface area is 157 Å². The van der Waals surface area contributed by atoms with Crippen LogP contribution in [0.25, 0.3) is 0 Å². The molecule has 0 aliphatic heterocycles. The molecule has 0 fully saturated rings. The maximum Gasteiger partial charge on any atom is 0.243 e. The molecule has 0 unspecified atom stereocenters. The molecule has 0 radical (unpaired) electrons. The minimum absolute atomic E-state index is 0.0242. The van der Waals surface area contributed by atoms with E-state index in [0.717, 1.165) is 4.31 Å². The van der Waals surface area contributed by atoms with E-state index in [2.05, 4.69) is 5.32 Å². The Morgan fingerprint density at radius 2 is 1.52 bits per heavy atom. The quantitative estimate of drug-likeness (QED) is 0.682. The summed E-state index contributed by atoms with van der Waals surface area (Å²) in [6.45, 7) is -0.425. The summed E-state index contributed by atoms with van der Waals surface area (Å²) in [6, 6.07) is 11.0. The number of rotatable bonds is 7. The van der Waals surface area contributed by atoms with Gasteiger partial charge in [0.15, 0.2) is 0 Å². The van der Waals surface area contributed by atoms with Gasteiger partial charge in [-0.1, -0.05) is 0 Å². The second-order valence-electron chi connectivity index (χ2n) is 5.55. The first-order chi connectivity index (χ1) is 12.5. The summed E-state index contributed by atoms with van der Waals surface area (Å²) in [5.74, 6) is -0.0739. The number of carbonyl (C=O) groups excluding carboxylic acids is 1. The summed E-state index contributed by atoms with van der Waals surface area (Å²) in [5.41, 5.74) is 0.308. The van der Waals surface area contributed by atoms with Gasteiger partial charge in [-0.3, -0.25) is 4.79 Å². The maximum absolute atomic E-state index is 12.5. The average molecular weight is 413 g/mol. The molecular weight excluding hydrogens is 394 g/mol. The standard InChI is InChI=1S/C16H19N3O6S2/c1-19(27(23,24)15-9-5-13(25-2)6-10-15)11-16(20)18-12-3-7-14(8-4-12)26(17,21)22/h3-10H,11H2,1-2H3,(H,18,20)(H2,17,21,22). The van der Waals surface area contributed by atoms with Crippen molar-refractivity contribution >= 4 is 31.6 Å². The zero-order valence-electron chi connectivity index (χ0n) is 14.6. The molecule has 3 N–H and O–H groups in total. The molecule has 1 amide bonds. The Bertz CT molecular complexity index is 1020. The number of sulfonamides is 2. The molecule has 146 valence electrons. The van der Waals surface area contributed by atoms with E-state index in [1.165, 1.54) is 62.7 Å². The summed E-state index contributed by atoms with van der Waals surface area (Å²) in [4.78, 5) is 12.0. The largest absolute Gasteiger partial charge is 0.497 e. The summed E-state index contributed by atoms with van der Waals surface area (Å²) in [7, 11) is -4.94. The van der Waals surface area contributed by atoms with Gasteiger partial charge in [0.1, 0.15) is 5.75 Å². The fourth-order valence-corrected chi connectivity index (χ4v) is 3.79. The van der Waals surface area contributed by atoms with Crippen molar-refractivity contribution in [2.24, 2.45) is 5.14 Å². The summed E-state index contributed by atoms with van der Waals surface area (Å²) in [6.07, 6.45) is 0. The number of nitrogens with one attached hydrogen (secondary N) is 1. The van der Waals surface area contributed by atoms with Crippen LogP contribution in [0.5, 0.6) is 5.75 Å². The van der Waals surface area contributed by atoms with Crippen LogP contribution in [0.15, 0.2) is 58.3 Å². The maximum atomic E-state index is 12.5. The van der Waals surface area contributed by atoms with Crippen LogP contribution in [0.2, 0.25) is 0 Å². The van der Waals surface area contributed by atoms with E-state index in [1.54, 1.807) is 0 Å². The lowest BCUT2D eigenvalue weighted by molar-refractivity contribution is -0.116. The third kappa shape index (κ3) is 5.26. The second-order valence-corrected chi connectivity index (χ2v) is 9.16. The highest BCUT2D eigenvalue weighted by Gasteiger charge is 2.23. The fourth-order valence-electron chi connectivity index (χ4n) is 2.14. The van der Waals surface area contributed by atoms with Gasteiger partial charge >= 0.3 is 0 Å². The van der Waals surface area contributed by atoms with Crippen molar-refractivity contribution in [2.75, 3.05) is 26.0 Å². The Hall–Kier alpha value is -2.47. The number of hydrogen-bond donors (Lipinski definition) is 2. The van der Waals surface area contributed by atoms with Gasteiger partial charge in [-0.05, 0) is 48.5 Å². The van der Waals surface area contributed by atoms with Crippen LogP contribution in [-0.4, -0.2) is 47.8 Å². The van der Waals surface area contributed by atoms with Gasteiger partial charge in [-0.25, -0.2) is 22.0 Å². The molecule has 0 bridgehead atoms. The molecule has 0 aliphatic carbocycles. The van der Waals surface area contributed by atoms with E-state index >= 15 is 0 Å². The first-order valence-corrected chi connectivity index (χ1v) is 10.6. The molecule has 0 aromatic heterocycles. The van der Waals surface area contributed by atoms with Gasteiger partial charge in [0.2, 0.25) is 26.0 Å². The van der Waals surface area contributed by atoms with Gasteiger partial charge in [0.25, 0.3) is 0 Å². The number of ether oxygens (including phenoxy) is 1. The molecule has 0 atom stereocenters. The fraction of sp³-hybridized carbons (Fsp3) is 0.188. The SMILES string of the molecule is COc1ccc(S(=O)(=O)N(C)CC(=O)Nc2ccc(S(N)(=O)=O)cc2)cc1. The van der Waals surface area contributed by atoms with Crippen LogP contribution in [-0.2, 0) is 24.8 Å². The molecule has 2 rings (SSSR count). The molecule has 0 heterocycles. The smallest absolute Gasteiger partial charge is 0.243 e. The molecule has 27 heavy (non-hydrogen) atoms. The van der Waals surface area contributed by atoms with Crippen molar-refractivity contribution in [3.8, 4) is 5.75 Å². The van der Waals surface area contributed by atoms with Gasteiger partial charge in [-0.15, -0.1) is 0 Å². The van der Waals surface area contributed by atoms with E-state index in [9.17, 15) is 21.6 Å². The van der Waals surface area contributed by atoms with Gasteiger partial charge < -0.3 is 10.1 Å². The average Bonchev–Trinajstić information content (AvgIpc) is 2.61. The first-order valence-electron chi connectivity index (χ1n) is 7.57. The van der Waals surface area contributed by atoms with Crippen molar-refractivity contribution in [2.45, 2.75) is 9.79 Å². The number of likely N-dealkylation sites (N-methyl/N-ethyl adjacent to an activating group) is 1. The van der Waals surface area contributed by atoms with Crippen LogP contribution < -0.4 is 15.2 Å². The molecule has 2 aromatic carbocycles. The normalized spacial score (nSPS) is 12.0. The number of nitrogens with zero attached hydrogens (tertiary/aromatic N) is 1.